The summed E-state index contributed by atoms with van der Waals surface area (Å²) in [4.78, 5) is 0. The Kier molecular flexibility index (Phi) is 3.52. The van der Waals surface area contributed by atoms with Gasteiger partial charge in [0, 0.05) is 13.1 Å². The SMILES string of the molecule is CC1CC1COc1cccc(N(C)S(C)(=O)=O)c1. The summed E-state index contributed by atoms with van der Waals surface area (Å²) >= 11 is 0. The molecule has 0 aliphatic heterocycles. The topological polar surface area (TPSA) is 46.6 Å². The standard InChI is InChI=1S/C13H19NO3S/c1-10-7-11(10)9-17-13-6-4-5-12(8-13)14(2)18(3,15)16/h4-6,8,10-11H,7,9H2,1-3H3. The van der Waals surface area contributed by atoms with Crippen LogP contribution in [-0.2, 0) is 10.0 Å². The van der Waals surface area contributed by atoms with Crippen LogP contribution in [0.2, 0.25) is 0 Å². The van der Waals surface area contributed by atoms with Crippen molar-refractivity contribution in [1.82, 2.24) is 0 Å². The second-order valence-corrected chi connectivity index (χ2v) is 7.03. The number of ether oxygens (including phenoxy) is 1. The maximum atomic E-state index is 11.4. The summed E-state index contributed by atoms with van der Waals surface area (Å²) in [5.74, 6) is 2.13. The van der Waals surface area contributed by atoms with Gasteiger partial charge in [0.1, 0.15) is 5.75 Å². The lowest BCUT2D eigenvalue weighted by molar-refractivity contribution is 0.293. The highest BCUT2D eigenvalue weighted by molar-refractivity contribution is 7.92. The van der Waals surface area contributed by atoms with Gasteiger partial charge >= 0.3 is 0 Å². The zero-order valence-corrected chi connectivity index (χ0v) is 11.8. The minimum atomic E-state index is -3.22. The summed E-state index contributed by atoms with van der Waals surface area (Å²) in [5.41, 5.74) is 0.624. The van der Waals surface area contributed by atoms with Gasteiger partial charge in [-0.3, -0.25) is 4.31 Å². The van der Waals surface area contributed by atoms with Gasteiger partial charge in [0.2, 0.25) is 10.0 Å². The van der Waals surface area contributed by atoms with E-state index in [-0.39, 0.29) is 0 Å². The van der Waals surface area contributed by atoms with Gasteiger partial charge in [-0.15, -0.1) is 0 Å². The summed E-state index contributed by atoms with van der Waals surface area (Å²) in [6, 6.07) is 7.18. The Balaban J connectivity index is 2.05. The van der Waals surface area contributed by atoms with Crippen LogP contribution in [0, 0.1) is 11.8 Å². The average molecular weight is 269 g/mol. The molecule has 0 amide bonds. The van der Waals surface area contributed by atoms with Crippen LogP contribution in [0.25, 0.3) is 0 Å². The molecule has 0 radical (unpaired) electrons. The summed E-state index contributed by atoms with van der Waals surface area (Å²) < 4.78 is 29.8. The van der Waals surface area contributed by atoms with Gasteiger partial charge in [-0.25, -0.2) is 8.42 Å². The molecule has 0 N–H and O–H groups in total. The summed E-state index contributed by atoms with van der Waals surface area (Å²) in [7, 11) is -1.68. The smallest absolute Gasteiger partial charge is 0.231 e. The average Bonchev–Trinajstić information content (AvgIpc) is 3.01. The molecule has 0 spiro atoms. The van der Waals surface area contributed by atoms with Gasteiger partial charge in [-0.05, 0) is 30.4 Å². The van der Waals surface area contributed by atoms with E-state index >= 15 is 0 Å². The number of sulfonamides is 1. The number of rotatable bonds is 5. The number of hydrogen-bond acceptors (Lipinski definition) is 3. The fourth-order valence-electron chi connectivity index (χ4n) is 1.80. The van der Waals surface area contributed by atoms with E-state index < -0.39 is 10.0 Å². The highest BCUT2D eigenvalue weighted by atomic mass is 32.2. The maximum Gasteiger partial charge on any atom is 0.231 e. The van der Waals surface area contributed by atoms with Crippen molar-refractivity contribution in [2.24, 2.45) is 11.8 Å². The van der Waals surface area contributed by atoms with E-state index in [1.54, 1.807) is 12.1 Å². The van der Waals surface area contributed by atoms with Gasteiger partial charge in [-0.2, -0.15) is 0 Å². The Labute approximate surface area is 109 Å². The van der Waals surface area contributed by atoms with Crippen molar-refractivity contribution < 1.29 is 13.2 Å². The van der Waals surface area contributed by atoms with Crippen LogP contribution in [0.4, 0.5) is 5.69 Å². The Bertz CT molecular complexity index is 527. The molecule has 2 unspecified atom stereocenters. The van der Waals surface area contributed by atoms with Crippen LogP contribution in [0.5, 0.6) is 5.75 Å². The summed E-state index contributed by atoms with van der Waals surface area (Å²) in [6.45, 7) is 2.93. The van der Waals surface area contributed by atoms with Crippen LogP contribution in [0.3, 0.4) is 0 Å². The van der Waals surface area contributed by atoms with Crippen molar-refractivity contribution in [2.45, 2.75) is 13.3 Å². The van der Waals surface area contributed by atoms with Crippen LogP contribution in [0.15, 0.2) is 24.3 Å². The van der Waals surface area contributed by atoms with Crippen molar-refractivity contribution in [3.05, 3.63) is 24.3 Å². The third kappa shape index (κ3) is 3.16. The number of benzene rings is 1. The first-order valence-corrected chi connectivity index (χ1v) is 7.89. The molecular weight excluding hydrogens is 250 g/mol. The Hall–Kier alpha value is -1.23. The van der Waals surface area contributed by atoms with Gasteiger partial charge in [-0.1, -0.05) is 13.0 Å². The molecule has 1 aliphatic carbocycles. The summed E-state index contributed by atoms with van der Waals surface area (Å²) in [6.07, 6.45) is 2.41. The fraction of sp³-hybridized carbons (Fsp3) is 0.538. The molecule has 4 nitrogen and oxygen atoms in total. The minimum Gasteiger partial charge on any atom is -0.493 e. The summed E-state index contributed by atoms with van der Waals surface area (Å²) in [5, 5.41) is 0. The second-order valence-electron chi connectivity index (χ2n) is 5.01. The number of anilines is 1. The van der Waals surface area contributed by atoms with Crippen LogP contribution >= 0.6 is 0 Å². The van der Waals surface area contributed by atoms with Crippen molar-refractivity contribution in [3.63, 3.8) is 0 Å². The lowest BCUT2D eigenvalue weighted by Crippen LogP contribution is -2.24. The highest BCUT2D eigenvalue weighted by Crippen LogP contribution is 2.38. The van der Waals surface area contributed by atoms with Gasteiger partial charge in [0.15, 0.2) is 0 Å². The molecule has 0 saturated heterocycles. The van der Waals surface area contributed by atoms with E-state index in [4.69, 9.17) is 4.74 Å². The molecule has 5 heteroatoms. The number of nitrogens with zero attached hydrogens (tertiary/aromatic N) is 1. The molecule has 1 aliphatic rings. The Morgan fingerprint density at radius 1 is 1.44 bits per heavy atom. The lowest BCUT2D eigenvalue weighted by Gasteiger charge is -2.17. The molecule has 1 aromatic rings. The van der Waals surface area contributed by atoms with Crippen molar-refractivity contribution in [1.29, 1.82) is 0 Å². The fourth-order valence-corrected chi connectivity index (χ4v) is 2.29. The van der Waals surface area contributed by atoms with Crippen LogP contribution in [-0.4, -0.2) is 28.3 Å². The van der Waals surface area contributed by atoms with Gasteiger partial charge < -0.3 is 4.74 Å². The van der Waals surface area contributed by atoms with Gasteiger partial charge in [0.05, 0.1) is 18.6 Å². The highest BCUT2D eigenvalue weighted by Gasteiger charge is 2.32. The predicted molar refractivity (Wildman–Crippen MR) is 72.5 cm³/mol. The molecule has 1 fully saturated rings. The first kappa shape index (κ1) is 13.2. The molecule has 100 valence electrons. The first-order valence-electron chi connectivity index (χ1n) is 6.04. The van der Waals surface area contributed by atoms with Crippen molar-refractivity contribution in [2.75, 3.05) is 24.2 Å². The molecule has 0 heterocycles. The van der Waals surface area contributed by atoms with Crippen molar-refractivity contribution in [3.8, 4) is 5.75 Å². The van der Waals surface area contributed by atoms with Crippen LogP contribution in [0.1, 0.15) is 13.3 Å². The lowest BCUT2D eigenvalue weighted by atomic mass is 10.3. The maximum absolute atomic E-state index is 11.4. The first-order chi connectivity index (χ1) is 8.38. The molecule has 18 heavy (non-hydrogen) atoms. The van der Waals surface area contributed by atoms with E-state index in [1.165, 1.54) is 24.0 Å². The van der Waals surface area contributed by atoms with Gasteiger partial charge in [0.25, 0.3) is 0 Å². The molecular formula is C13H19NO3S. The molecule has 2 atom stereocenters. The molecule has 0 aromatic heterocycles. The molecule has 2 rings (SSSR count). The molecule has 1 saturated carbocycles. The zero-order valence-electron chi connectivity index (χ0n) is 11.0. The monoisotopic (exact) mass is 269 g/mol. The van der Waals surface area contributed by atoms with E-state index in [2.05, 4.69) is 6.92 Å². The van der Waals surface area contributed by atoms with Crippen LogP contribution < -0.4 is 9.04 Å². The largest absolute Gasteiger partial charge is 0.493 e. The molecule has 1 aromatic carbocycles. The Morgan fingerprint density at radius 2 is 2.11 bits per heavy atom. The quantitative estimate of drug-likeness (QED) is 0.822. The second kappa shape index (κ2) is 4.80. The number of hydrogen-bond donors (Lipinski definition) is 0. The van der Waals surface area contributed by atoms with E-state index in [0.29, 0.717) is 18.2 Å². The van der Waals surface area contributed by atoms with Crippen molar-refractivity contribution >= 4 is 15.7 Å². The molecule has 0 bridgehead atoms. The zero-order chi connectivity index (χ0) is 13.3. The van der Waals surface area contributed by atoms with E-state index in [0.717, 1.165) is 11.7 Å². The normalized spacial score (nSPS) is 22.6. The predicted octanol–water partition coefficient (Wildman–Crippen LogP) is 2.12. The Morgan fingerprint density at radius 3 is 2.67 bits per heavy atom. The third-order valence-corrected chi connectivity index (χ3v) is 4.62. The minimum absolute atomic E-state index is 0.624. The van der Waals surface area contributed by atoms with E-state index in [1.807, 2.05) is 12.1 Å². The third-order valence-electron chi connectivity index (χ3n) is 3.42. The van der Waals surface area contributed by atoms with E-state index in [9.17, 15) is 8.42 Å².